The van der Waals surface area contributed by atoms with Gasteiger partial charge in [-0.15, -0.1) is 0 Å². The van der Waals surface area contributed by atoms with E-state index >= 15 is 0 Å². The highest BCUT2D eigenvalue weighted by molar-refractivity contribution is 6.63. The van der Waals surface area contributed by atoms with Gasteiger partial charge in [0.25, 0.3) is 0 Å². The molecule has 0 atom stereocenters. The fraction of sp³-hybridized carbons (Fsp3) is 0.500. The van der Waals surface area contributed by atoms with Gasteiger partial charge in [0, 0.05) is 0 Å². The second-order valence-electron chi connectivity index (χ2n) is 1.27. The van der Waals surface area contributed by atoms with Crippen LogP contribution in [0.2, 0.25) is 0 Å². The van der Waals surface area contributed by atoms with Crippen LogP contribution < -0.4 is 5.73 Å². The number of hydrogen-bond acceptors (Lipinski definition) is 3. The predicted octanol–water partition coefficient (Wildman–Crippen LogP) is 0.237. The summed E-state index contributed by atoms with van der Waals surface area (Å²) in [6.07, 6.45) is -0.891. The Morgan fingerprint density at radius 1 is 1.56 bits per heavy atom. The summed E-state index contributed by atoms with van der Waals surface area (Å²) in [5.41, 5.74) is 4.56. The van der Waals surface area contributed by atoms with E-state index in [9.17, 15) is 9.59 Å². The topological polar surface area (TPSA) is 69.4 Å². The van der Waals surface area contributed by atoms with Gasteiger partial charge in [0.05, 0.1) is 6.42 Å². The Hall–Kier alpha value is -0.770. The summed E-state index contributed by atoms with van der Waals surface area (Å²) in [6, 6.07) is 0. The number of halogens is 1. The van der Waals surface area contributed by atoms with Crippen molar-refractivity contribution >= 4 is 22.9 Å². The molecule has 0 fully saturated rings. The van der Waals surface area contributed by atoms with Crippen LogP contribution in [0.3, 0.4) is 0 Å². The zero-order chi connectivity index (χ0) is 7.28. The summed E-state index contributed by atoms with van der Waals surface area (Å²) in [7, 11) is 0. The van der Waals surface area contributed by atoms with Crippen molar-refractivity contribution in [2.24, 2.45) is 5.73 Å². The molecule has 0 rings (SSSR count). The molecule has 9 heavy (non-hydrogen) atoms. The smallest absolute Gasteiger partial charge is 0.404 e. The molecular formula is C4H6ClNO3. The molecule has 0 saturated carbocycles. The van der Waals surface area contributed by atoms with Gasteiger partial charge >= 0.3 is 6.09 Å². The Balaban J connectivity index is 3.10. The SMILES string of the molecule is NC(=O)OCCC(=O)Cl. The third-order valence-electron chi connectivity index (χ3n) is 0.543. The van der Waals surface area contributed by atoms with Crippen molar-refractivity contribution in [2.45, 2.75) is 6.42 Å². The molecule has 0 bridgehead atoms. The van der Waals surface area contributed by atoms with Gasteiger partial charge < -0.3 is 10.5 Å². The van der Waals surface area contributed by atoms with E-state index in [-0.39, 0.29) is 13.0 Å². The second-order valence-corrected chi connectivity index (χ2v) is 1.69. The first-order chi connectivity index (χ1) is 4.13. The van der Waals surface area contributed by atoms with Crippen molar-refractivity contribution < 1.29 is 14.3 Å². The van der Waals surface area contributed by atoms with E-state index in [1.54, 1.807) is 0 Å². The molecule has 5 heteroatoms. The Morgan fingerprint density at radius 3 is 2.44 bits per heavy atom. The van der Waals surface area contributed by atoms with Gasteiger partial charge in [0.2, 0.25) is 5.24 Å². The molecule has 0 saturated heterocycles. The summed E-state index contributed by atoms with van der Waals surface area (Å²) in [6.45, 7) is -0.0440. The third kappa shape index (κ3) is 7.23. The fourth-order valence-electron chi connectivity index (χ4n) is 0.232. The van der Waals surface area contributed by atoms with E-state index in [4.69, 9.17) is 11.6 Å². The zero-order valence-electron chi connectivity index (χ0n) is 4.59. The summed E-state index contributed by atoms with van der Waals surface area (Å²) in [5.74, 6) is 0. The van der Waals surface area contributed by atoms with Gasteiger partial charge in [-0.3, -0.25) is 4.79 Å². The van der Waals surface area contributed by atoms with Crippen LogP contribution in [0.4, 0.5) is 4.79 Å². The standard InChI is InChI=1S/C4H6ClNO3/c5-3(7)1-2-9-4(6)8/h1-2H2,(H2,6,8). The molecule has 0 aromatic carbocycles. The Kier molecular flexibility index (Phi) is 3.79. The van der Waals surface area contributed by atoms with E-state index in [2.05, 4.69) is 10.5 Å². The first-order valence-electron chi connectivity index (χ1n) is 2.23. The van der Waals surface area contributed by atoms with Crippen LogP contribution in [-0.4, -0.2) is 17.9 Å². The predicted molar refractivity (Wildman–Crippen MR) is 31.0 cm³/mol. The monoisotopic (exact) mass is 151 g/mol. The van der Waals surface area contributed by atoms with Crippen LogP contribution in [-0.2, 0) is 9.53 Å². The summed E-state index contributed by atoms with van der Waals surface area (Å²) >= 11 is 4.89. The Labute approximate surface area is 56.9 Å². The fourth-order valence-corrected chi connectivity index (χ4v) is 0.309. The summed E-state index contributed by atoms with van der Waals surface area (Å²) < 4.78 is 4.19. The zero-order valence-corrected chi connectivity index (χ0v) is 5.35. The maximum absolute atomic E-state index is 9.96. The number of amides is 1. The lowest BCUT2D eigenvalue weighted by molar-refractivity contribution is -0.112. The van der Waals surface area contributed by atoms with Crippen LogP contribution in [0.15, 0.2) is 0 Å². The van der Waals surface area contributed by atoms with Crippen LogP contribution in [0.25, 0.3) is 0 Å². The van der Waals surface area contributed by atoms with Crippen LogP contribution in [0.1, 0.15) is 6.42 Å². The van der Waals surface area contributed by atoms with Crippen LogP contribution >= 0.6 is 11.6 Å². The number of carbonyl (C=O) groups is 2. The maximum Gasteiger partial charge on any atom is 0.404 e. The van der Waals surface area contributed by atoms with Crippen molar-refractivity contribution in [2.75, 3.05) is 6.61 Å². The first kappa shape index (κ1) is 8.23. The minimum atomic E-state index is -0.895. The minimum absolute atomic E-state index is 0.00446. The van der Waals surface area contributed by atoms with E-state index < -0.39 is 11.3 Å². The molecule has 2 N–H and O–H groups in total. The maximum atomic E-state index is 9.96. The quantitative estimate of drug-likeness (QED) is 0.588. The lowest BCUT2D eigenvalue weighted by atomic mass is 10.5. The number of hydrogen-bond donors (Lipinski definition) is 1. The van der Waals surface area contributed by atoms with Gasteiger partial charge in [-0.2, -0.15) is 0 Å². The molecule has 52 valence electrons. The highest BCUT2D eigenvalue weighted by Crippen LogP contribution is 1.88. The van der Waals surface area contributed by atoms with Gasteiger partial charge in [-0.1, -0.05) is 0 Å². The molecule has 0 aromatic heterocycles. The molecule has 0 unspecified atom stereocenters. The van der Waals surface area contributed by atoms with Gasteiger partial charge in [-0.05, 0) is 11.6 Å². The average Bonchev–Trinajstić information content (AvgIpc) is 1.63. The number of carbonyl (C=O) groups excluding carboxylic acids is 2. The first-order valence-corrected chi connectivity index (χ1v) is 2.61. The van der Waals surface area contributed by atoms with E-state index in [1.165, 1.54) is 0 Å². The summed E-state index contributed by atoms with van der Waals surface area (Å²) in [4.78, 5) is 19.8. The highest BCUT2D eigenvalue weighted by atomic mass is 35.5. The molecule has 4 nitrogen and oxygen atoms in total. The molecule has 0 aliphatic heterocycles. The molecular weight excluding hydrogens is 146 g/mol. The van der Waals surface area contributed by atoms with Crippen LogP contribution in [0.5, 0.6) is 0 Å². The highest BCUT2D eigenvalue weighted by Gasteiger charge is 1.97. The minimum Gasteiger partial charge on any atom is -0.449 e. The molecule has 0 aliphatic carbocycles. The number of rotatable bonds is 3. The molecule has 0 radical (unpaired) electrons. The van der Waals surface area contributed by atoms with Gasteiger partial charge in [0.1, 0.15) is 6.61 Å². The number of primary amides is 1. The molecule has 0 aromatic rings. The molecule has 1 amide bonds. The van der Waals surface area contributed by atoms with Crippen LogP contribution in [0, 0.1) is 0 Å². The second kappa shape index (κ2) is 4.14. The lowest BCUT2D eigenvalue weighted by Gasteiger charge is -1.94. The van der Waals surface area contributed by atoms with Crippen molar-refractivity contribution in [3.63, 3.8) is 0 Å². The largest absolute Gasteiger partial charge is 0.449 e. The third-order valence-corrected chi connectivity index (χ3v) is 0.732. The lowest BCUT2D eigenvalue weighted by Crippen LogP contribution is -2.14. The molecule has 0 heterocycles. The van der Waals surface area contributed by atoms with Crippen molar-refractivity contribution in [3.8, 4) is 0 Å². The molecule has 0 aliphatic rings. The van der Waals surface area contributed by atoms with Gasteiger partial charge in [0.15, 0.2) is 0 Å². The average molecular weight is 152 g/mol. The summed E-state index contributed by atoms with van der Waals surface area (Å²) in [5, 5.41) is -0.545. The Bertz CT molecular complexity index is 111. The van der Waals surface area contributed by atoms with Crippen molar-refractivity contribution in [1.82, 2.24) is 0 Å². The normalized spacial score (nSPS) is 8.56. The molecule has 0 spiro atoms. The van der Waals surface area contributed by atoms with Gasteiger partial charge in [-0.25, -0.2) is 4.79 Å². The Morgan fingerprint density at radius 2 is 2.11 bits per heavy atom. The van der Waals surface area contributed by atoms with E-state index in [1.807, 2.05) is 0 Å². The number of ether oxygens (including phenoxy) is 1. The number of nitrogens with two attached hydrogens (primary N) is 1. The van der Waals surface area contributed by atoms with Crippen molar-refractivity contribution in [1.29, 1.82) is 0 Å². The van der Waals surface area contributed by atoms with E-state index in [0.29, 0.717) is 0 Å². The van der Waals surface area contributed by atoms with Crippen molar-refractivity contribution in [3.05, 3.63) is 0 Å². The van der Waals surface area contributed by atoms with E-state index in [0.717, 1.165) is 0 Å².